The highest BCUT2D eigenvalue weighted by atomic mass is 14.9. The predicted octanol–water partition coefficient (Wildman–Crippen LogP) is 1.47. The van der Waals surface area contributed by atoms with Gasteiger partial charge in [0.15, 0.2) is 0 Å². The molecule has 1 atom stereocenters. The molecular weight excluding hydrogens is 148 g/mol. The van der Waals surface area contributed by atoms with Crippen molar-refractivity contribution in [2.24, 2.45) is 0 Å². The minimum atomic E-state index is 0.692. The molecule has 0 amide bonds. The van der Waals surface area contributed by atoms with E-state index < -0.39 is 0 Å². The van der Waals surface area contributed by atoms with Crippen molar-refractivity contribution in [1.29, 1.82) is 0 Å². The molecule has 1 aliphatic rings. The minimum absolute atomic E-state index is 0.692. The van der Waals surface area contributed by atoms with Gasteiger partial charge in [-0.05, 0) is 36.9 Å². The highest BCUT2D eigenvalue weighted by Crippen LogP contribution is 2.21. The highest BCUT2D eigenvalue weighted by molar-refractivity contribution is 5.21. The zero-order valence-corrected chi connectivity index (χ0v) is 7.38. The number of aromatic nitrogens is 1. The topological polar surface area (TPSA) is 24.9 Å². The summed E-state index contributed by atoms with van der Waals surface area (Å²) in [5, 5.41) is 3.36. The fourth-order valence-electron chi connectivity index (χ4n) is 1.74. The number of pyridine rings is 1. The van der Waals surface area contributed by atoms with E-state index in [2.05, 4.69) is 23.3 Å². The van der Waals surface area contributed by atoms with Crippen LogP contribution in [-0.4, -0.2) is 18.1 Å². The standard InChI is InChI=1S/C10H14N2/c1-8-4-10(7-12-5-8)9-2-3-11-6-9/h4-5,7,9,11H,2-3,6H2,1H3/t9-/m0/s1. The molecule has 0 unspecified atom stereocenters. The van der Waals surface area contributed by atoms with Gasteiger partial charge < -0.3 is 5.32 Å². The first-order valence-electron chi connectivity index (χ1n) is 4.48. The van der Waals surface area contributed by atoms with Gasteiger partial charge in [0.2, 0.25) is 0 Å². The normalized spacial score (nSPS) is 22.9. The van der Waals surface area contributed by atoms with Gasteiger partial charge in [-0.2, -0.15) is 0 Å². The molecule has 0 aromatic carbocycles. The van der Waals surface area contributed by atoms with Gasteiger partial charge in [-0.15, -0.1) is 0 Å². The maximum Gasteiger partial charge on any atom is 0.0303 e. The third-order valence-electron chi connectivity index (χ3n) is 2.43. The first-order chi connectivity index (χ1) is 5.86. The smallest absolute Gasteiger partial charge is 0.0303 e. The van der Waals surface area contributed by atoms with Crippen molar-refractivity contribution >= 4 is 0 Å². The van der Waals surface area contributed by atoms with Crippen LogP contribution < -0.4 is 5.32 Å². The Bertz CT molecular complexity index is 264. The Hall–Kier alpha value is -0.890. The second-order valence-electron chi connectivity index (χ2n) is 3.49. The van der Waals surface area contributed by atoms with Crippen LogP contribution in [0.3, 0.4) is 0 Å². The van der Waals surface area contributed by atoms with E-state index in [1.165, 1.54) is 17.5 Å². The van der Waals surface area contributed by atoms with E-state index >= 15 is 0 Å². The lowest BCUT2D eigenvalue weighted by atomic mass is 9.99. The van der Waals surface area contributed by atoms with Crippen molar-refractivity contribution in [2.75, 3.05) is 13.1 Å². The van der Waals surface area contributed by atoms with Gasteiger partial charge in [0, 0.05) is 18.9 Å². The minimum Gasteiger partial charge on any atom is -0.316 e. The lowest BCUT2D eigenvalue weighted by Crippen LogP contribution is -2.08. The van der Waals surface area contributed by atoms with Gasteiger partial charge in [0.1, 0.15) is 0 Å². The molecule has 2 heteroatoms. The molecule has 2 heterocycles. The van der Waals surface area contributed by atoms with Crippen LogP contribution in [0.25, 0.3) is 0 Å². The lowest BCUT2D eigenvalue weighted by molar-refractivity contribution is 0.757. The van der Waals surface area contributed by atoms with Crippen molar-refractivity contribution in [1.82, 2.24) is 10.3 Å². The summed E-state index contributed by atoms with van der Waals surface area (Å²) in [4.78, 5) is 4.20. The summed E-state index contributed by atoms with van der Waals surface area (Å²) in [7, 11) is 0. The Labute approximate surface area is 73.0 Å². The molecule has 1 fully saturated rings. The van der Waals surface area contributed by atoms with Crippen LogP contribution >= 0.6 is 0 Å². The van der Waals surface area contributed by atoms with Gasteiger partial charge in [-0.1, -0.05) is 6.07 Å². The molecule has 1 aromatic heterocycles. The van der Waals surface area contributed by atoms with Crippen LogP contribution in [0.2, 0.25) is 0 Å². The summed E-state index contributed by atoms with van der Waals surface area (Å²) >= 11 is 0. The molecule has 2 rings (SSSR count). The molecule has 0 saturated carbocycles. The average molecular weight is 162 g/mol. The molecular formula is C10H14N2. The fourth-order valence-corrected chi connectivity index (χ4v) is 1.74. The van der Waals surface area contributed by atoms with E-state index in [4.69, 9.17) is 0 Å². The van der Waals surface area contributed by atoms with E-state index in [1.807, 2.05) is 12.4 Å². The van der Waals surface area contributed by atoms with E-state index in [0.29, 0.717) is 5.92 Å². The van der Waals surface area contributed by atoms with Crippen molar-refractivity contribution in [3.05, 3.63) is 29.6 Å². The van der Waals surface area contributed by atoms with Crippen LogP contribution in [0.15, 0.2) is 18.5 Å². The maximum absolute atomic E-state index is 4.20. The van der Waals surface area contributed by atoms with Gasteiger partial charge in [0.05, 0.1) is 0 Å². The largest absolute Gasteiger partial charge is 0.316 e. The number of rotatable bonds is 1. The van der Waals surface area contributed by atoms with Crippen molar-refractivity contribution in [2.45, 2.75) is 19.3 Å². The maximum atomic E-state index is 4.20. The van der Waals surface area contributed by atoms with E-state index in [-0.39, 0.29) is 0 Å². The Morgan fingerprint density at radius 1 is 1.50 bits per heavy atom. The zero-order valence-electron chi connectivity index (χ0n) is 7.38. The second-order valence-corrected chi connectivity index (χ2v) is 3.49. The quantitative estimate of drug-likeness (QED) is 0.676. The summed E-state index contributed by atoms with van der Waals surface area (Å²) in [6.45, 7) is 4.36. The van der Waals surface area contributed by atoms with Crippen molar-refractivity contribution in [3.8, 4) is 0 Å². The van der Waals surface area contributed by atoms with Crippen molar-refractivity contribution < 1.29 is 0 Å². The van der Waals surface area contributed by atoms with E-state index in [9.17, 15) is 0 Å². The van der Waals surface area contributed by atoms with Gasteiger partial charge in [-0.25, -0.2) is 0 Å². The first kappa shape index (κ1) is 7.74. The molecule has 64 valence electrons. The summed E-state index contributed by atoms with van der Waals surface area (Å²) in [6.07, 6.45) is 5.15. The molecule has 0 aliphatic carbocycles. The van der Waals surface area contributed by atoms with Gasteiger partial charge in [-0.3, -0.25) is 4.98 Å². The first-order valence-corrected chi connectivity index (χ1v) is 4.48. The van der Waals surface area contributed by atoms with Crippen LogP contribution in [0, 0.1) is 6.92 Å². The fraction of sp³-hybridized carbons (Fsp3) is 0.500. The van der Waals surface area contributed by atoms with Crippen molar-refractivity contribution in [3.63, 3.8) is 0 Å². The second kappa shape index (κ2) is 3.23. The number of hydrogen-bond donors (Lipinski definition) is 1. The summed E-state index contributed by atoms with van der Waals surface area (Å²) in [5.41, 5.74) is 2.65. The number of nitrogens with one attached hydrogen (secondary N) is 1. The van der Waals surface area contributed by atoms with Crippen LogP contribution in [0.4, 0.5) is 0 Å². The van der Waals surface area contributed by atoms with E-state index in [0.717, 1.165) is 13.1 Å². The number of hydrogen-bond acceptors (Lipinski definition) is 2. The third-order valence-corrected chi connectivity index (χ3v) is 2.43. The summed E-state index contributed by atoms with van der Waals surface area (Å²) < 4.78 is 0. The molecule has 0 spiro atoms. The SMILES string of the molecule is Cc1cncc([C@H]2CCNC2)c1. The molecule has 1 aliphatic heterocycles. The number of aryl methyl sites for hydroxylation is 1. The highest BCUT2D eigenvalue weighted by Gasteiger charge is 2.16. The Kier molecular flexibility index (Phi) is 2.09. The van der Waals surface area contributed by atoms with Crippen LogP contribution in [0.1, 0.15) is 23.5 Å². The Morgan fingerprint density at radius 2 is 2.42 bits per heavy atom. The average Bonchev–Trinajstić information content (AvgIpc) is 2.56. The molecule has 1 aromatic rings. The van der Waals surface area contributed by atoms with E-state index in [1.54, 1.807) is 0 Å². The zero-order chi connectivity index (χ0) is 8.39. The van der Waals surface area contributed by atoms with Gasteiger partial charge >= 0.3 is 0 Å². The van der Waals surface area contributed by atoms with Crippen LogP contribution in [0.5, 0.6) is 0 Å². The molecule has 1 saturated heterocycles. The number of nitrogens with zero attached hydrogens (tertiary/aromatic N) is 1. The lowest BCUT2D eigenvalue weighted by Gasteiger charge is -2.07. The Morgan fingerprint density at radius 3 is 3.08 bits per heavy atom. The molecule has 2 nitrogen and oxygen atoms in total. The molecule has 1 N–H and O–H groups in total. The molecule has 0 bridgehead atoms. The third kappa shape index (κ3) is 1.48. The van der Waals surface area contributed by atoms with Crippen LogP contribution in [-0.2, 0) is 0 Å². The summed E-state index contributed by atoms with van der Waals surface area (Å²) in [5.74, 6) is 0.692. The molecule has 12 heavy (non-hydrogen) atoms. The monoisotopic (exact) mass is 162 g/mol. The van der Waals surface area contributed by atoms with Gasteiger partial charge in [0.25, 0.3) is 0 Å². The molecule has 0 radical (unpaired) electrons. The predicted molar refractivity (Wildman–Crippen MR) is 49.2 cm³/mol. The Balaban J connectivity index is 2.21. The summed E-state index contributed by atoms with van der Waals surface area (Å²) in [6, 6.07) is 2.24.